The second kappa shape index (κ2) is 5.94. The number of benzene rings is 1. The highest BCUT2D eigenvalue weighted by Gasteiger charge is 2.27. The molecular formula is C15H20N2O3. The lowest BCUT2D eigenvalue weighted by molar-refractivity contribution is -0.138. The van der Waals surface area contributed by atoms with E-state index < -0.39 is 5.97 Å². The lowest BCUT2D eigenvalue weighted by Crippen LogP contribution is -2.33. The van der Waals surface area contributed by atoms with Gasteiger partial charge in [-0.1, -0.05) is 12.1 Å². The lowest BCUT2D eigenvalue weighted by atomic mass is 10.1. The molecule has 0 spiro atoms. The number of likely N-dealkylation sites (tertiary alicyclic amines) is 1. The molecule has 20 heavy (non-hydrogen) atoms. The summed E-state index contributed by atoms with van der Waals surface area (Å²) in [6, 6.07) is 5.77. The van der Waals surface area contributed by atoms with Crippen LogP contribution < -0.4 is 5.32 Å². The number of carboxylic acids is 1. The summed E-state index contributed by atoms with van der Waals surface area (Å²) in [7, 11) is 0. The van der Waals surface area contributed by atoms with Crippen LogP contribution in [0, 0.1) is 19.8 Å². The van der Waals surface area contributed by atoms with Gasteiger partial charge in [-0.25, -0.2) is 4.79 Å². The molecule has 1 fully saturated rings. The van der Waals surface area contributed by atoms with E-state index in [-0.39, 0.29) is 18.4 Å². The van der Waals surface area contributed by atoms with Crippen LogP contribution in [0.25, 0.3) is 0 Å². The fourth-order valence-corrected chi connectivity index (χ4v) is 2.50. The first-order valence-corrected chi connectivity index (χ1v) is 6.80. The van der Waals surface area contributed by atoms with E-state index in [0.29, 0.717) is 13.1 Å². The summed E-state index contributed by atoms with van der Waals surface area (Å²) in [6.07, 6.45) is 0.889. The van der Waals surface area contributed by atoms with E-state index in [4.69, 9.17) is 5.11 Å². The molecule has 1 aliphatic heterocycles. The molecule has 0 saturated carbocycles. The van der Waals surface area contributed by atoms with Gasteiger partial charge in [-0.05, 0) is 43.4 Å². The molecular weight excluding hydrogens is 256 g/mol. The van der Waals surface area contributed by atoms with Crippen molar-refractivity contribution in [1.29, 1.82) is 0 Å². The van der Waals surface area contributed by atoms with Crippen molar-refractivity contribution in [3.63, 3.8) is 0 Å². The first-order valence-electron chi connectivity index (χ1n) is 6.80. The van der Waals surface area contributed by atoms with Gasteiger partial charge in [0.05, 0.1) is 0 Å². The average Bonchev–Trinajstić information content (AvgIpc) is 2.81. The SMILES string of the molecule is Cc1ccc(C)c(NC(=O)N2CCC(CC(=O)O)C2)c1. The molecule has 5 heteroatoms. The Morgan fingerprint density at radius 1 is 1.40 bits per heavy atom. The fourth-order valence-electron chi connectivity index (χ4n) is 2.50. The molecule has 1 heterocycles. The largest absolute Gasteiger partial charge is 0.481 e. The van der Waals surface area contributed by atoms with E-state index >= 15 is 0 Å². The van der Waals surface area contributed by atoms with Gasteiger partial charge in [0.15, 0.2) is 0 Å². The molecule has 2 N–H and O–H groups in total. The predicted molar refractivity (Wildman–Crippen MR) is 76.9 cm³/mol. The van der Waals surface area contributed by atoms with E-state index in [1.165, 1.54) is 0 Å². The number of urea groups is 1. The summed E-state index contributed by atoms with van der Waals surface area (Å²) in [4.78, 5) is 24.6. The van der Waals surface area contributed by atoms with E-state index in [2.05, 4.69) is 5.32 Å². The van der Waals surface area contributed by atoms with Gasteiger partial charge in [0, 0.05) is 25.2 Å². The molecule has 5 nitrogen and oxygen atoms in total. The molecule has 0 bridgehead atoms. The highest BCUT2D eigenvalue weighted by Crippen LogP contribution is 2.22. The molecule has 2 rings (SSSR count). The van der Waals surface area contributed by atoms with E-state index in [0.717, 1.165) is 23.2 Å². The number of aryl methyl sites for hydroxylation is 2. The van der Waals surface area contributed by atoms with Crippen molar-refractivity contribution in [2.75, 3.05) is 18.4 Å². The number of nitrogens with one attached hydrogen (secondary N) is 1. The Kier molecular flexibility index (Phi) is 4.27. The molecule has 1 atom stereocenters. The second-order valence-electron chi connectivity index (χ2n) is 5.45. The van der Waals surface area contributed by atoms with E-state index in [1.807, 2.05) is 32.0 Å². The standard InChI is InChI=1S/C15H20N2O3/c1-10-3-4-11(2)13(7-10)16-15(20)17-6-5-12(9-17)8-14(18)19/h3-4,7,12H,5-6,8-9H2,1-2H3,(H,16,20)(H,18,19). The number of nitrogens with zero attached hydrogens (tertiary/aromatic N) is 1. The molecule has 1 aromatic rings. The Morgan fingerprint density at radius 3 is 2.85 bits per heavy atom. The topological polar surface area (TPSA) is 69.6 Å². The Hall–Kier alpha value is -2.04. The summed E-state index contributed by atoms with van der Waals surface area (Å²) < 4.78 is 0. The van der Waals surface area contributed by atoms with Crippen molar-refractivity contribution in [2.45, 2.75) is 26.7 Å². The summed E-state index contributed by atoms with van der Waals surface area (Å²) in [6.45, 7) is 5.07. The third-order valence-electron chi connectivity index (χ3n) is 3.67. The van der Waals surface area contributed by atoms with Crippen LogP contribution in [-0.4, -0.2) is 35.1 Å². The summed E-state index contributed by atoms with van der Waals surface area (Å²) >= 11 is 0. The zero-order valence-corrected chi connectivity index (χ0v) is 11.8. The van der Waals surface area contributed by atoms with Crippen LogP contribution in [0.4, 0.5) is 10.5 Å². The number of hydrogen-bond donors (Lipinski definition) is 2. The first-order chi connectivity index (χ1) is 9.45. The fraction of sp³-hybridized carbons (Fsp3) is 0.467. The maximum absolute atomic E-state index is 12.2. The third-order valence-corrected chi connectivity index (χ3v) is 3.67. The van der Waals surface area contributed by atoms with Crippen molar-refractivity contribution >= 4 is 17.7 Å². The minimum Gasteiger partial charge on any atom is -0.481 e. The quantitative estimate of drug-likeness (QED) is 0.891. The molecule has 0 radical (unpaired) electrons. The molecule has 0 aliphatic carbocycles. The predicted octanol–water partition coefficient (Wildman–Crippen LogP) is 2.63. The van der Waals surface area contributed by atoms with Gasteiger partial charge in [-0.15, -0.1) is 0 Å². The van der Waals surface area contributed by atoms with Crippen LogP contribution in [0.3, 0.4) is 0 Å². The first kappa shape index (κ1) is 14.4. The van der Waals surface area contributed by atoms with Crippen molar-refractivity contribution in [3.8, 4) is 0 Å². The summed E-state index contributed by atoms with van der Waals surface area (Å²) in [5.41, 5.74) is 2.93. The molecule has 1 aromatic carbocycles. The Balaban J connectivity index is 1.96. The van der Waals surface area contributed by atoms with Crippen molar-refractivity contribution < 1.29 is 14.7 Å². The molecule has 108 valence electrons. The summed E-state index contributed by atoms with van der Waals surface area (Å²) in [5.74, 6) is -0.733. The molecule has 2 amide bonds. The number of carbonyl (C=O) groups is 2. The van der Waals surface area contributed by atoms with E-state index in [9.17, 15) is 9.59 Å². The van der Waals surface area contributed by atoms with Crippen LogP contribution in [0.2, 0.25) is 0 Å². The van der Waals surface area contributed by atoms with Gasteiger partial charge >= 0.3 is 12.0 Å². The van der Waals surface area contributed by atoms with Gasteiger partial charge < -0.3 is 15.3 Å². The van der Waals surface area contributed by atoms with E-state index in [1.54, 1.807) is 4.90 Å². The van der Waals surface area contributed by atoms with Crippen LogP contribution in [0.5, 0.6) is 0 Å². The third kappa shape index (κ3) is 3.50. The maximum atomic E-state index is 12.2. The Labute approximate surface area is 118 Å². The minimum atomic E-state index is -0.799. The zero-order chi connectivity index (χ0) is 14.7. The maximum Gasteiger partial charge on any atom is 0.321 e. The number of rotatable bonds is 3. The molecule has 1 unspecified atom stereocenters. The Morgan fingerprint density at radius 2 is 2.15 bits per heavy atom. The lowest BCUT2D eigenvalue weighted by Gasteiger charge is -2.18. The van der Waals surface area contributed by atoms with Gasteiger partial charge in [-0.3, -0.25) is 4.79 Å². The summed E-state index contributed by atoms with van der Waals surface area (Å²) in [5, 5.41) is 11.7. The number of anilines is 1. The zero-order valence-electron chi connectivity index (χ0n) is 11.8. The number of carbonyl (C=O) groups excluding carboxylic acids is 1. The second-order valence-corrected chi connectivity index (χ2v) is 5.45. The highest BCUT2D eigenvalue weighted by atomic mass is 16.4. The monoisotopic (exact) mass is 276 g/mol. The number of aliphatic carboxylic acids is 1. The van der Waals surface area contributed by atoms with Crippen LogP contribution in [0.1, 0.15) is 24.0 Å². The van der Waals surface area contributed by atoms with Gasteiger partial charge in [0.2, 0.25) is 0 Å². The van der Waals surface area contributed by atoms with Crippen LogP contribution >= 0.6 is 0 Å². The van der Waals surface area contributed by atoms with Crippen molar-refractivity contribution in [3.05, 3.63) is 29.3 Å². The average molecular weight is 276 g/mol. The van der Waals surface area contributed by atoms with Gasteiger partial charge in [0.1, 0.15) is 0 Å². The highest BCUT2D eigenvalue weighted by molar-refractivity contribution is 5.90. The number of hydrogen-bond acceptors (Lipinski definition) is 2. The van der Waals surface area contributed by atoms with Gasteiger partial charge in [0.25, 0.3) is 0 Å². The van der Waals surface area contributed by atoms with Crippen molar-refractivity contribution in [2.24, 2.45) is 5.92 Å². The van der Waals surface area contributed by atoms with Crippen LogP contribution in [-0.2, 0) is 4.79 Å². The van der Waals surface area contributed by atoms with Crippen LogP contribution in [0.15, 0.2) is 18.2 Å². The van der Waals surface area contributed by atoms with Crippen molar-refractivity contribution in [1.82, 2.24) is 4.90 Å². The van der Waals surface area contributed by atoms with Gasteiger partial charge in [-0.2, -0.15) is 0 Å². The normalized spacial score (nSPS) is 18.1. The Bertz CT molecular complexity index is 528. The number of carboxylic acid groups (broad SMARTS) is 1. The molecule has 0 aromatic heterocycles. The number of amides is 2. The smallest absolute Gasteiger partial charge is 0.321 e. The minimum absolute atomic E-state index is 0.0665. The molecule has 1 saturated heterocycles. The molecule has 1 aliphatic rings.